The van der Waals surface area contributed by atoms with Gasteiger partial charge in [-0.3, -0.25) is 0 Å². The number of aromatic nitrogens is 1. The van der Waals surface area contributed by atoms with Crippen LogP contribution in [0.5, 0.6) is 0 Å². The summed E-state index contributed by atoms with van der Waals surface area (Å²) in [6.07, 6.45) is 4.43. The summed E-state index contributed by atoms with van der Waals surface area (Å²) in [5.41, 5.74) is 0.978. The average Bonchev–Trinajstić information content (AvgIpc) is 3.04. The summed E-state index contributed by atoms with van der Waals surface area (Å²) in [5, 5.41) is 3.24. The zero-order chi connectivity index (χ0) is 11.5. The molecule has 0 bridgehead atoms. The van der Waals surface area contributed by atoms with Crippen LogP contribution in [0, 0.1) is 5.92 Å². The molecule has 4 heteroatoms. The Balaban J connectivity index is 1.94. The first-order valence-electron chi connectivity index (χ1n) is 6.10. The highest BCUT2D eigenvalue weighted by molar-refractivity contribution is 5.28. The van der Waals surface area contributed by atoms with Crippen LogP contribution in [0.3, 0.4) is 0 Å². The zero-order valence-corrected chi connectivity index (χ0v) is 10.4. The molecule has 16 heavy (non-hydrogen) atoms. The van der Waals surface area contributed by atoms with E-state index in [1.165, 1.54) is 12.8 Å². The molecule has 0 radical (unpaired) electrons. The van der Waals surface area contributed by atoms with Gasteiger partial charge < -0.3 is 14.6 Å². The van der Waals surface area contributed by atoms with E-state index in [1.54, 1.807) is 6.26 Å². The fraction of sp³-hybridized carbons (Fsp3) is 0.750. The Bertz CT molecular complexity index is 333. The third-order valence-corrected chi connectivity index (χ3v) is 3.31. The molecule has 1 unspecified atom stereocenters. The first kappa shape index (κ1) is 11.5. The molecule has 1 aliphatic rings. The Morgan fingerprint density at radius 1 is 1.62 bits per heavy atom. The molecule has 1 fully saturated rings. The number of anilines is 1. The van der Waals surface area contributed by atoms with Gasteiger partial charge in [0, 0.05) is 19.6 Å². The molecule has 2 rings (SSSR count). The van der Waals surface area contributed by atoms with E-state index < -0.39 is 0 Å². The van der Waals surface area contributed by atoms with E-state index in [-0.39, 0.29) is 0 Å². The summed E-state index contributed by atoms with van der Waals surface area (Å²) in [5.74, 6) is 0.828. The minimum Gasteiger partial charge on any atom is -0.432 e. The summed E-state index contributed by atoms with van der Waals surface area (Å²) in [6.45, 7) is 6.07. The van der Waals surface area contributed by atoms with Crippen LogP contribution in [-0.4, -0.2) is 24.6 Å². The fourth-order valence-electron chi connectivity index (χ4n) is 1.86. The van der Waals surface area contributed by atoms with Gasteiger partial charge in [-0.1, -0.05) is 6.92 Å². The van der Waals surface area contributed by atoms with Crippen LogP contribution in [0.25, 0.3) is 0 Å². The highest BCUT2D eigenvalue weighted by atomic mass is 16.4. The molecule has 4 nitrogen and oxygen atoms in total. The van der Waals surface area contributed by atoms with Crippen molar-refractivity contribution in [2.75, 3.05) is 18.5 Å². The monoisotopic (exact) mass is 223 g/mol. The lowest BCUT2D eigenvalue weighted by Gasteiger charge is -2.22. The van der Waals surface area contributed by atoms with Crippen molar-refractivity contribution in [2.24, 2.45) is 5.92 Å². The second-order valence-corrected chi connectivity index (χ2v) is 4.59. The minimum absolute atomic E-state index is 0.533. The molecule has 1 aliphatic carbocycles. The van der Waals surface area contributed by atoms with Crippen molar-refractivity contribution in [3.8, 4) is 0 Å². The van der Waals surface area contributed by atoms with Gasteiger partial charge in [0.05, 0.1) is 5.69 Å². The minimum atomic E-state index is 0.533. The molecule has 0 aliphatic heterocycles. The topological polar surface area (TPSA) is 41.3 Å². The second-order valence-electron chi connectivity index (χ2n) is 4.59. The van der Waals surface area contributed by atoms with Crippen molar-refractivity contribution in [2.45, 2.75) is 39.3 Å². The van der Waals surface area contributed by atoms with E-state index in [4.69, 9.17) is 4.42 Å². The standard InChI is InChI=1S/C12H21N3O/c1-4-13-7-11-8-16-12(14-11)15(3)9(2)10-5-6-10/h8-10,13H,4-7H2,1-3H3. The molecule has 0 saturated heterocycles. The summed E-state index contributed by atoms with van der Waals surface area (Å²) in [7, 11) is 2.06. The molecule has 1 N–H and O–H groups in total. The number of oxazole rings is 1. The maximum Gasteiger partial charge on any atom is 0.297 e. The van der Waals surface area contributed by atoms with Gasteiger partial charge in [-0.25, -0.2) is 0 Å². The van der Waals surface area contributed by atoms with E-state index in [0.29, 0.717) is 6.04 Å². The van der Waals surface area contributed by atoms with Crippen molar-refractivity contribution in [3.05, 3.63) is 12.0 Å². The van der Waals surface area contributed by atoms with Crippen molar-refractivity contribution < 1.29 is 4.42 Å². The Kier molecular flexibility index (Phi) is 3.49. The Labute approximate surface area is 97.0 Å². The van der Waals surface area contributed by atoms with E-state index in [1.807, 2.05) is 0 Å². The number of nitrogens with zero attached hydrogens (tertiary/aromatic N) is 2. The summed E-state index contributed by atoms with van der Waals surface area (Å²) >= 11 is 0. The molecule has 90 valence electrons. The molecule has 1 atom stereocenters. The molecule has 1 saturated carbocycles. The van der Waals surface area contributed by atoms with E-state index in [9.17, 15) is 0 Å². The van der Waals surface area contributed by atoms with Gasteiger partial charge in [-0.2, -0.15) is 4.98 Å². The van der Waals surface area contributed by atoms with Crippen molar-refractivity contribution in [3.63, 3.8) is 0 Å². The fourth-order valence-corrected chi connectivity index (χ4v) is 1.86. The van der Waals surface area contributed by atoms with Crippen LogP contribution in [0.1, 0.15) is 32.4 Å². The highest BCUT2D eigenvalue weighted by Gasteiger charge is 2.32. The Morgan fingerprint density at radius 2 is 2.38 bits per heavy atom. The van der Waals surface area contributed by atoms with Gasteiger partial charge in [-0.05, 0) is 32.2 Å². The number of hydrogen-bond donors (Lipinski definition) is 1. The van der Waals surface area contributed by atoms with Gasteiger partial charge in [0.1, 0.15) is 6.26 Å². The first-order chi connectivity index (χ1) is 7.72. The van der Waals surface area contributed by atoms with E-state index in [2.05, 4.69) is 36.1 Å². The Hall–Kier alpha value is -1.03. The molecule has 0 spiro atoms. The van der Waals surface area contributed by atoms with Crippen LogP contribution < -0.4 is 10.2 Å². The quantitative estimate of drug-likeness (QED) is 0.801. The van der Waals surface area contributed by atoms with Crippen LogP contribution >= 0.6 is 0 Å². The molecule has 0 amide bonds. The lowest BCUT2D eigenvalue weighted by Crippen LogP contribution is -2.30. The summed E-state index contributed by atoms with van der Waals surface area (Å²) in [6, 6.07) is 1.28. The molecule has 1 aromatic rings. The summed E-state index contributed by atoms with van der Waals surface area (Å²) < 4.78 is 5.50. The third kappa shape index (κ3) is 2.55. The van der Waals surface area contributed by atoms with Crippen molar-refractivity contribution in [1.29, 1.82) is 0 Å². The molecule has 0 aromatic carbocycles. The van der Waals surface area contributed by atoms with Gasteiger partial charge in [0.15, 0.2) is 0 Å². The van der Waals surface area contributed by atoms with Gasteiger partial charge in [-0.15, -0.1) is 0 Å². The third-order valence-electron chi connectivity index (χ3n) is 3.31. The molecular formula is C12H21N3O. The predicted molar refractivity (Wildman–Crippen MR) is 64.5 cm³/mol. The van der Waals surface area contributed by atoms with E-state index in [0.717, 1.165) is 30.7 Å². The smallest absolute Gasteiger partial charge is 0.297 e. The van der Waals surface area contributed by atoms with Gasteiger partial charge in [0.2, 0.25) is 0 Å². The summed E-state index contributed by atoms with van der Waals surface area (Å²) in [4.78, 5) is 6.62. The lowest BCUT2D eigenvalue weighted by atomic mass is 10.2. The van der Waals surface area contributed by atoms with Crippen LogP contribution in [-0.2, 0) is 6.54 Å². The SMILES string of the molecule is CCNCc1coc(N(C)C(C)C2CC2)n1. The predicted octanol–water partition coefficient (Wildman–Crippen LogP) is 2.02. The number of rotatable bonds is 6. The van der Waals surface area contributed by atoms with E-state index >= 15 is 0 Å². The maximum absolute atomic E-state index is 5.50. The largest absolute Gasteiger partial charge is 0.432 e. The Morgan fingerprint density at radius 3 is 3.00 bits per heavy atom. The number of nitrogens with one attached hydrogen (secondary N) is 1. The molecular weight excluding hydrogens is 202 g/mol. The van der Waals surface area contributed by atoms with Crippen molar-refractivity contribution in [1.82, 2.24) is 10.3 Å². The van der Waals surface area contributed by atoms with Crippen LogP contribution in [0.2, 0.25) is 0 Å². The lowest BCUT2D eigenvalue weighted by molar-refractivity contribution is 0.501. The zero-order valence-electron chi connectivity index (χ0n) is 10.4. The van der Waals surface area contributed by atoms with Gasteiger partial charge >= 0.3 is 0 Å². The van der Waals surface area contributed by atoms with Crippen molar-refractivity contribution >= 4 is 6.01 Å². The van der Waals surface area contributed by atoms with Gasteiger partial charge in [0.25, 0.3) is 6.01 Å². The maximum atomic E-state index is 5.50. The average molecular weight is 223 g/mol. The second kappa shape index (κ2) is 4.87. The van der Waals surface area contributed by atoms with Crippen LogP contribution in [0.4, 0.5) is 6.01 Å². The molecule has 1 heterocycles. The molecule has 1 aromatic heterocycles. The highest BCUT2D eigenvalue weighted by Crippen LogP contribution is 2.35. The first-order valence-corrected chi connectivity index (χ1v) is 6.10. The number of hydrogen-bond acceptors (Lipinski definition) is 4. The van der Waals surface area contributed by atoms with Crippen LogP contribution in [0.15, 0.2) is 10.7 Å². The normalized spacial score (nSPS) is 17.4.